The molecule has 1 heterocycles. The molecule has 4 amide bonds. The van der Waals surface area contributed by atoms with E-state index in [4.69, 9.17) is 10.5 Å². The van der Waals surface area contributed by atoms with E-state index in [2.05, 4.69) is 24.5 Å². The van der Waals surface area contributed by atoms with E-state index in [1.165, 1.54) is 0 Å². The number of rotatable bonds is 9. The van der Waals surface area contributed by atoms with Crippen molar-refractivity contribution in [2.24, 2.45) is 28.9 Å². The van der Waals surface area contributed by atoms with Crippen LogP contribution in [-0.4, -0.2) is 64.8 Å². The molecule has 3 rings (SSSR count). The van der Waals surface area contributed by atoms with Gasteiger partial charge in [0.15, 0.2) is 0 Å². The van der Waals surface area contributed by atoms with Crippen LogP contribution in [0, 0.1) is 23.2 Å². The number of primary amides is 1. The first-order valence-electron chi connectivity index (χ1n) is 13.1. The highest BCUT2D eigenvalue weighted by Gasteiger charge is 2.69. The molecule has 10 heteroatoms. The first-order chi connectivity index (χ1) is 16.7. The zero-order chi connectivity index (χ0) is 27.0. The SMILES string of the molecule is CCCC(NC(=O)C1C2C(CN1C(=O)C(NC(=O)OC(C)(C)C)C1CCCC1)C2(C)C)C(=O)C(N)=O. The predicted molar refractivity (Wildman–Crippen MR) is 132 cm³/mol. The van der Waals surface area contributed by atoms with Gasteiger partial charge in [0.1, 0.15) is 17.7 Å². The van der Waals surface area contributed by atoms with E-state index in [0.29, 0.717) is 13.0 Å². The number of hydrogen-bond donors (Lipinski definition) is 3. The summed E-state index contributed by atoms with van der Waals surface area (Å²) in [5.74, 6) is -2.68. The minimum atomic E-state index is -1.10. The van der Waals surface area contributed by atoms with Crippen LogP contribution < -0.4 is 16.4 Å². The van der Waals surface area contributed by atoms with E-state index in [9.17, 15) is 24.0 Å². The predicted octanol–water partition coefficient (Wildman–Crippen LogP) is 1.89. The van der Waals surface area contributed by atoms with Crippen LogP contribution >= 0.6 is 0 Å². The Hall–Kier alpha value is -2.65. The van der Waals surface area contributed by atoms with Crippen molar-refractivity contribution in [2.75, 3.05) is 6.54 Å². The Bertz CT molecular complexity index is 905. The quantitative estimate of drug-likeness (QED) is 0.407. The summed E-state index contributed by atoms with van der Waals surface area (Å²) in [7, 11) is 0. The van der Waals surface area contributed by atoms with Crippen LogP contribution in [0.4, 0.5) is 4.79 Å². The monoisotopic (exact) mass is 506 g/mol. The van der Waals surface area contributed by atoms with Crippen molar-refractivity contribution in [2.45, 2.75) is 104 Å². The molecule has 202 valence electrons. The number of piperidine rings is 1. The van der Waals surface area contributed by atoms with Gasteiger partial charge >= 0.3 is 6.09 Å². The molecule has 0 aromatic carbocycles. The molecule has 3 aliphatic rings. The smallest absolute Gasteiger partial charge is 0.408 e. The molecule has 5 atom stereocenters. The van der Waals surface area contributed by atoms with Gasteiger partial charge in [-0.1, -0.05) is 40.0 Å². The fourth-order valence-electron chi connectivity index (χ4n) is 6.08. The number of carbonyl (C=O) groups excluding carboxylic acids is 5. The number of hydrogen-bond acceptors (Lipinski definition) is 6. The Kier molecular flexibility index (Phi) is 8.05. The molecule has 10 nitrogen and oxygen atoms in total. The maximum atomic E-state index is 13.9. The summed E-state index contributed by atoms with van der Waals surface area (Å²) in [5, 5.41) is 5.50. The van der Waals surface area contributed by atoms with E-state index in [1.54, 1.807) is 25.7 Å². The van der Waals surface area contributed by atoms with Crippen molar-refractivity contribution < 1.29 is 28.7 Å². The fourth-order valence-corrected chi connectivity index (χ4v) is 6.08. The van der Waals surface area contributed by atoms with Crippen molar-refractivity contribution in [3.63, 3.8) is 0 Å². The second-order valence-corrected chi connectivity index (χ2v) is 12.1. The zero-order valence-electron chi connectivity index (χ0n) is 22.4. The van der Waals surface area contributed by atoms with Gasteiger partial charge in [0.2, 0.25) is 17.6 Å². The summed E-state index contributed by atoms with van der Waals surface area (Å²) >= 11 is 0. The lowest BCUT2D eigenvalue weighted by molar-refractivity contribution is -0.144. The highest BCUT2D eigenvalue weighted by molar-refractivity contribution is 6.37. The highest BCUT2D eigenvalue weighted by Crippen LogP contribution is 2.65. The fraction of sp³-hybridized carbons (Fsp3) is 0.808. The lowest BCUT2D eigenvalue weighted by Gasteiger charge is -2.35. The van der Waals surface area contributed by atoms with Crippen LogP contribution in [0.5, 0.6) is 0 Å². The number of nitrogens with zero attached hydrogens (tertiary/aromatic N) is 1. The van der Waals surface area contributed by atoms with Crippen LogP contribution in [0.2, 0.25) is 0 Å². The van der Waals surface area contributed by atoms with Gasteiger partial charge < -0.3 is 26.0 Å². The topological polar surface area (TPSA) is 148 Å². The molecule has 0 spiro atoms. The number of likely N-dealkylation sites (tertiary alicyclic amines) is 1. The van der Waals surface area contributed by atoms with Crippen LogP contribution in [0.15, 0.2) is 0 Å². The third-order valence-electron chi connectivity index (χ3n) is 8.02. The number of carbonyl (C=O) groups is 5. The molecule has 0 aromatic heterocycles. The third-order valence-corrected chi connectivity index (χ3v) is 8.02. The maximum Gasteiger partial charge on any atom is 0.408 e. The van der Waals surface area contributed by atoms with Crippen molar-refractivity contribution >= 4 is 29.6 Å². The van der Waals surface area contributed by atoms with Gasteiger partial charge in [-0.25, -0.2) is 4.79 Å². The number of amides is 4. The summed E-state index contributed by atoms with van der Waals surface area (Å²) in [4.78, 5) is 65.4. The number of ketones is 1. The van der Waals surface area contributed by atoms with Gasteiger partial charge in [-0.05, 0) is 63.2 Å². The minimum Gasteiger partial charge on any atom is -0.444 e. The molecule has 36 heavy (non-hydrogen) atoms. The molecular weight excluding hydrogens is 464 g/mol. The number of fused-ring (bicyclic) bond motifs is 1. The Morgan fingerprint density at radius 2 is 1.69 bits per heavy atom. The van der Waals surface area contributed by atoms with Gasteiger partial charge in [0.25, 0.3) is 5.91 Å². The van der Waals surface area contributed by atoms with Crippen LogP contribution in [0.3, 0.4) is 0 Å². The normalized spacial score (nSPS) is 26.5. The van der Waals surface area contributed by atoms with Gasteiger partial charge in [0, 0.05) is 6.54 Å². The Balaban J connectivity index is 1.84. The highest BCUT2D eigenvalue weighted by atomic mass is 16.6. The summed E-state index contributed by atoms with van der Waals surface area (Å²) in [5.41, 5.74) is 4.35. The zero-order valence-corrected chi connectivity index (χ0v) is 22.4. The van der Waals surface area contributed by atoms with Gasteiger partial charge in [-0.15, -0.1) is 0 Å². The largest absolute Gasteiger partial charge is 0.444 e. The molecule has 0 aromatic rings. The third kappa shape index (κ3) is 5.83. The first-order valence-corrected chi connectivity index (χ1v) is 13.1. The second kappa shape index (κ2) is 10.4. The van der Waals surface area contributed by atoms with E-state index in [-0.39, 0.29) is 35.5 Å². The molecule has 2 saturated carbocycles. The Morgan fingerprint density at radius 3 is 2.22 bits per heavy atom. The second-order valence-electron chi connectivity index (χ2n) is 12.1. The number of nitrogens with one attached hydrogen (secondary N) is 2. The molecule has 1 aliphatic heterocycles. The van der Waals surface area contributed by atoms with Crippen LogP contribution in [-0.2, 0) is 23.9 Å². The molecular formula is C26H42N4O6. The van der Waals surface area contributed by atoms with Crippen LogP contribution in [0.1, 0.15) is 80.1 Å². The molecule has 4 N–H and O–H groups in total. The van der Waals surface area contributed by atoms with E-state index in [0.717, 1.165) is 25.7 Å². The minimum absolute atomic E-state index is 0.0389. The lowest BCUT2D eigenvalue weighted by atomic mass is 9.94. The Morgan fingerprint density at radius 1 is 1.08 bits per heavy atom. The standard InChI is InChI=1S/C26H42N4O6/c1-7-10-16(20(31)21(27)32)28-22(33)19-17-15(26(17,5)6)13-30(19)23(34)18(14-11-8-9-12-14)29-24(35)36-25(2,3)4/h14-19H,7-13H2,1-6H3,(H2,27,32)(H,28,33)(H,29,35). The van der Waals surface area contributed by atoms with E-state index in [1.807, 2.05) is 6.92 Å². The van der Waals surface area contributed by atoms with Crippen molar-refractivity contribution in [3.05, 3.63) is 0 Å². The van der Waals surface area contributed by atoms with Crippen molar-refractivity contribution in [1.82, 2.24) is 15.5 Å². The molecule has 0 radical (unpaired) electrons. The molecule has 2 aliphatic carbocycles. The van der Waals surface area contributed by atoms with Crippen molar-refractivity contribution in [1.29, 1.82) is 0 Å². The summed E-state index contributed by atoms with van der Waals surface area (Å²) < 4.78 is 5.42. The van der Waals surface area contributed by atoms with Crippen molar-refractivity contribution in [3.8, 4) is 0 Å². The first kappa shape index (κ1) is 27.9. The molecule has 1 saturated heterocycles. The molecule has 3 fully saturated rings. The van der Waals surface area contributed by atoms with Gasteiger partial charge in [-0.2, -0.15) is 0 Å². The van der Waals surface area contributed by atoms with E-state index < -0.39 is 47.4 Å². The average molecular weight is 507 g/mol. The van der Waals surface area contributed by atoms with Gasteiger partial charge in [0.05, 0.1) is 6.04 Å². The van der Waals surface area contributed by atoms with Crippen LogP contribution in [0.25, 0.3) is 0 Å². The molecule has 5 unspecified atom stereocenters. The maximum absolute atomic E-state index is 13.9. The number of nitrogens with two attached hydrogens (primary N) is 1. The average Bonchev–Trinajstić information content (AvgIpc) is 3.22. The summed E-state index contributed by atoms with van der Waals surface area (Å²) in [6, 6.07) is -2.61. The Labute approximate surface area is 213 Å². The number of Topliss-reactive ketones (excluding diaryl/α,β-unsaturated/α-hetero) is 1. The van der Waals surface area contributed by atoms with Gasteiger partial charge in [-0.3, -0.25) is 19.2 Å². The lowest BCUT2D eigenvalue weighted by Crippen LogP contribution is -2.59. The number of alkyl carbamates (subject to hydrolysis) is 1. The van der Waals surface area contributed by atoms with E-state index >= 15 is 0 Å². The molecule has 0 bridgehead atoms. The summed E-state index contributed by atoms with van der Waals surface area (Å²) in [6.07, 6.45) is 3.74. The number of ether oxygens (including phenoxy) is 1. The summed E-state index contributed by atoms with van der Waals surface area (Å²) in [6.45, 7) is 11.6.